The van der Waals surface area contributed by atoms with E-state index in [1.165, 1.54) is 11.1 Å². The van der Waals surface area contributed by atoms with Gasteiger partial charge in [0, 0.05) is 18.5 Å². The number of halogens is 1. The summed E-state index contributed by atoms with van der Waals surface area (Å²) in [4.78, 5) is 13.4. The number of hydrogen-bond donors (Lipinski definition) is 1. The second-order valence-electron chi connectivity index (χ2n) is 9.53. The van der Waals surface area contributed by atoms with Gasteiger partial charge in [-0.1, -0.05) is 60.7 Å². The monoisotopic (exact) mass is 489 g/mol. The molecule has 2 aromatic carbocycles. The molecule has 7 nitrogen and oxygen atoms in total. The number of anilines is 1. The van der Waals surface area contributed by atoms with Gasteiger partial charge in [-0.3, -0.25) is 0 Å². The van der Waals surface area contributed by atoms with Crippen LogP contribution in [0.3, 0.4) is 0 Å². The second kappa shape index (κ2) is 9.22. The molecular weight excluding hydrogens is 462 g/mol. The van der Waals surface area contributed by atoms with Gasteiger partial charge in [0.1, 0.15) is 0 Å². The predicted molar refractivity (Wildman–Crippen MR) is 135 cm³/mol. The smallest absolute Gasteiger partial charge is 0.226 e. The highest BCUT2D eigenvalue weighted by atomic mass is 35.5. The minimum Gasteiger partial charge on any atom is -0.376 e. The van der Waals surface area contributed by atoms with E-state index in [0.717, 1.165) is 24.0 Å². The summed E-state index contributed by atoms with van der Waals surface area (Å²) in [7, 11) is 1.82. The van der Waals surface area contributed by atoms with Crippen molar-refractivity contribution >= 4 is 28.6 Å². The minimum absolute atomic E-state index is 0.00647. The van der Waals surface area contributed by atoms with Crippen LogP contribution < -0.4 is 5.32 Å². The van der Waals surface area contributed by atoms with E-state index in [1.54, 1.807) is 0 Å². The Kier molecular flexibility index (Phi) is 5.92. The summed E-state index contributed by atoms with van der Waals surface area (Å²) in [6, 6.07) is 20.9. The van der Waals surface area contributed by atoms with Gasteiger partial charge < -0.3 is 19.4 Å². The number of hydrogen-bond acceptors (Lipinski definition) is 6. The molecular formula is C27H28ClN5O2. The van der Waals surface area contributed by atoms with Crippen molar-refractivity contribution < 1.29 is 9.47 Å². The Labute approximate surface area is 209 Å². The van der Waals surface area contributed by atoms with Gasteiger partial charge in [0.25, 0.3) is 0 Å². The second-order valence-corrected chi connectivity index (χ2v) is 9.86. The molecule has 2 fully saturated rings. The quantitative estimate of drug-likeness (QED) is 0.323. The van der Waals surface area contributed by atoms with Gasteiger partial charge in [-0.05, 0) is 41.5 Å². The van der Waals surface area contributed by atoms with Gasteiger partial charge in [0.05, 0.1) is 32.3 Å². The van der Waals surface area contributed by atoms with E-state index in [-0.39, 0.29) is 22.8 Å². The van der Waals surface area contributed by atoms with Crippen LogP contribution in [0.25, 0.3) is 11.2 Å². The van der Waals surface area contributed by atoms with Crippen molar-refractivity contribution in [3.8, 4) is 0 Å². The molecule has 0 amide bonds. The van der Waals surface area contributed by atoms with Gasteiger partial charge in [-0.25, -0.2) is 4.98 Å². The molecule has 1 N–H and O–H groups in total. The molecule has 2 heterocycles. The molecule has 8 heteroatoms. The number of ether oxygens (including phenoxy) is 2. The number of fused-ring (bicyclic) bond motifs is 2. The first-order chi connectivity index (χ1) is 17.2. The molecule has 6 rings (SSSR count). The third-order valence-corrected chi connectivity index (χ3v) is 7.67. The van der Waals surface area contributed by atoms with Crippen molar-refractivity contribution in [2.75, 3.05) is 19.0 Å². The fourth-order valence-electron chi connectivity index (χ4n) is 5.67. The number of nitrogens with one attached hydrogen (secondary N) is 1. The minimum atomic E-state index is -0.00647. The first-order valence-electron chi connectivity index (χ1n) is 12.0. The molecule has 0 saturated heterocycles. The molecule has 0 aliphatic heterocycles. The molecule has 35 heavy (non-hydrogen) atoms. The Morgan fingerprint density at radius 2 is 1.74 bits per heavy atom. The molecule has 0 bridgehead atoms. The number of nitrogens with zero attached hydrogens (tertiary/aromatic N) is 4. The van der Waals surface area contributed by atoms with Crippen LogP contribution >= 0.6 is 11.6 Å². The van der Waals surface area contributed by atoms with Gasteiger partial charge in [0.2, 0.25) is 5.28 Å². The van der Waals surface area contributed by atoms with Crippen LogP contribution in [0.15, 0.2) is 67.0 Å². The van der Waals surface area contributed by atoms with Crippen LogP contribution in [-0.4, -0.2) is 39.3 Å². The Bertz CT molecular complexity index is 1320. The lowest BCUT2D eigenvalue weighted by Crippen LogP contribution is -2.27. The van der Waals surface area contributed by atoms with E-state index in [0.29, 0.717) is 31.6 Å². The lowest BCUT2D eigenvalue weighted by Gasteiger charge is -2.24. The SMILES string of the molecule is CNc1nc(Cl)nc2c1ncn2[C@H]1C[C@H](OCc2ccccc2)[C@]2(COCc3ccccc3)C[C@H]12. The van der Waals surface area contributed by atoms with Gasteiger partial charge in [0.15, 0.2) is 17.0 Å². The highest BCUT2D eigenvalue weighted by molar-refractivity contribution is 6.28. The van der Waals surface area contributed by atoms with Crippen molar-refractivity contribution in [1.82, 2.24) is 19.5 Å². The summed E-state index contributed by atoms with van der Waals surface area (Å²) >= 11 is 6.24. The maximum Gasteiger partial charge on any atom is 0.226 e. The molecule has 2 aliphatic carbocycles. The van der Waals surface area contributed by atoms with E-state index in [1.807, 2.05) is 37.6 Å². The first-order valence-corrected chi connectivity index (χ1v) is 12.4. The summed E-state index contributed by atoms with van der Waals surface area (Å²) in [6.45, 7) is 1.87. The highest BCUT2D eigenvalue weighted by Gasteiger charge is 2.68. The van der Waals surface area contributed by atoms with E-state index in [9.17, 15) is 0 Å². The van der Waals surface area contributed by atoms with Crippen molar-refractivity contribution in [2.24, 2.45) is 11.3 Å². The normalized spacial score (nSPS) is 25.0. The number of imidazole rings is 1. The zero-order valence-corrected chi connectivity index (χ0v) is 20.4. The largest absolute Gasteiger partial charge is 0.376 e. The number of benzene rings is 2. The van der Waals surface area contributed by atoms with Crippen molar-refractivity contribution in [1.29, 1.82) is 0 Å². The van der Waals surface area contributed by atoms with E-state index >= 15 is 0 Å². The third kappa shape index (κ3) is 4.18. The van der Waals surface area contributed by atoms with Crippen molar-refractivity contribution in [3.05, 3.63) is 83.4 Å². The number of aromatic nitrogens is 4. The molecule has 2 aromatic heterocycles. The van der Waals surface area contributed by atoms with Crippen LogP contribution in [0.1, 0.15) is 30.0 Å². The predicted octanol–water partition coefficient (Wildman–Crippen LogP) is 5.27. The topological polar surface area (TPSA) is 74.1 Å². The molecule has 180 valence electrons. The molecule has 2 aliphatic rings. The van der Waals surface area contributed by atoms with Crippen LogP contribution in [0.2, 0.25) is 5.28 Å². The van der Waals surface area contributed by atoms with Crippen molar-refractivity contribution in [2.45, 2.75) is 38.2 Å². The Morgan fingerprint density at radius 1 is 1.03 bits per heavy atom. The summed E-state index contributed by atoms with van der Waals surface area (Å²) in [6.07, 6.45) is 3.90. The average molecular weight is 490 g/mol. The lowest BCUT2D eigenvalue weighted by molar-refractivity contribution is -0.0400. The average Bonchev–Trinajstić information content (AvgIpc) is 3.33. The maximum atomic E-state index is 6.57. The van der Waals surface area contributed by atoms with E-state index in [4.69, 9.17) is 21.1 Å². The van der Waals surface area contributed by atoms with Crippen LogP contribution in [0.4, 0.5) is 5.82 Å². The Morgan fingerprint density at radius 3 is 2.46 bits per heavy atom. The molecule has 2 saturated carbocycles. The summed E-state index contributed by atoms with van der Waals surface area (Å²) in [5.74, 6) is 1.07. The molecule has 0 radical (unpaired) electrons. The van der Waals surface area contributed by atoms with E-state index in [2.05, 4.69) is 61.2 Å². The fraction of sp³-hybridized carbons (Fsp3) is 0.370. The van der Waals surface area contributed by atoms with Gasteiger partial charge in [-0.15, -0.1) is 0 Å². The van der Waals surface area contributed by atoms with E-state index < -0.39 is 0 Å². The number of rotatable bonds is 9. The van der Waals surface area contributed by atoms with Crippen LogP contribution in [-0.2, 0) is 22.7 Å². The lowest BCUT2D eigenvalue weighted by atomic mass is 10.0. The standard InChI is InChI=1S/C27H28ClN5O2/c1-29-24-23-25(32-26(28)31-24)33(17-30-23)21-12-22(35-15-19-10-6-3-7-11-19)27(13-20(21)27)16-34-14-18-8-4-2-5-9-18/h2-11,17,20-22H,12-16H2,1H3,(H,29,31,32)/t20-,21+,22+,27+/m1/s1. The van der Waals surface area contributed by atoms with Crippen molar-refractivity contribution in [3.63, 3.8) is 0 Å². The zero-order chi connectivity index (χ0) is 23.8. The van der Waals surface area contributed by atoms with Crippen LogP contribution in [0.5, 0.6) is 0 Å². The molecule has 0 unspecified atom stereocenters. The third-order valence-electron chi connectivity index (χ3n) is 7.50. The molecule has 0 spiro atoms. The summed E-state index contributed by atoms with van der Waals surface area (Å²) in [5, 5.41) is 3.29. The fourth-order valence-corrected chi connectivity index (χ4v) is 5.83. The first kappa shape index (κ1) is 22.5. The molecule has 4 aromatic rings. The van der Waals surface area contributed by atoms with Gasteiger partial charge in [-0.2, -0.15) is 9.97 Å². The Hall–Kier alpha value is -3.00. The van der Waals surface area contributed by atoms with Crippen LogP contribution in [0, 0.1) is 11.3 Å². The maximum absolute atomic E-state index is 6.57. The van der Waals surface area contributed by atoms with Gasteiger partial charge >= 0.3 is 0 Å². The summed E-state index contributed by atoms with van der Waals surface area (Å²) in [5.41, 5.74) is 3.85. The zero-order valence-electron chi connectivity index (χ0n) is 19.6. The summed E-state index contributed by atoms with van der Waals surface area (Å²) < 4.78 is 15.0. The highest BCUT2D eigenvalue weighted by Crippen LogP contribution is 2.68. The molecule has 4 atom stereocenters. The Balaban J connectivity index is 1.25.